The van der Waals surface area contributed by atoms with Crippen molar-refractivity contribution in [3.05, 3.63) is 35.9 Å². The molecule has 0 aliphatic carbocycles. The van der Waals surface area contributed by atoms with Crippen LogP contribution in [-0.2, 0) is 14.0 Å². The molecule has 0 radical (unpaired) electrons. The van der Waals surface area contributed by atoms with Crippen molar-refractivity contribution in [2.75, 3.05) is 13.2 Å². The molecule has 0 spiro atoms. The molecule has 1 amide bonds. The lowest BCUT2D eigenvalue weighted by atomic mass is 9.95. The fourth-order valence-corrected chi connectivity index (χ4v) is 4.28. The SMILES string of the molecule is C[C@@H](c1ccccc1)N1CC[C@@H]2O[C@]2(CO[Si](C)(C)C(C)(C)C)C1=O. The summed E-state index contributed by atoms with van der Waals surface area (Å²) >= 11 is 0. The normalized spacial score (nSPS) is 27.8. The van der Waals surface area contributed by atoms with Gasteiger partial charge in [0.2, 0.25) is 0 Å². The van der Waals surface area contributed by atoms with Crippen LogP contribution in [0.4, 0.5) is 0 Å². The van der Waals surface area contributed by atoms with Crippen LogP contribution in [-0.4, -0.2) is 44.0 Å². The van der Waals surface area contributed by atoms with E-state index in [1.807, 2.05) is 23.1 Å². The molecule has 5 heteroatoms. The predicted octanol–water partition coefficient (Wildman–Crippen LogP) is 4.14. The molecule has 0 unspecified atom stereocenters. The minimum atomic E-state index is -1.90. The summed E-state index contributed by atoms with van der Waals surface area (Å²) in [6, 6.07) is 10.3. The van der Waals surface area contributed by atoms with Gasteiger partial charge in [-0.1, -0.05) is 51.1 Å². The molecule has 0 aromatic heterocycles. The minimum Gasteiger partial charge on any atom is -0.413 e. The molecule has 0 saturated carbocycles. The lowest BCUT2D eigenvalue weighted by Gasteiger charge is -2.39. The molecule has 2 aliphatic rings. The Kier molecular flexibility index (Phi) is 4.63. The van der Waals surface area contributed by atoms with Crippen LogP contribution in [0.5, 0.6) is 0 Å². The second kappa shape index (κ2) is 6.22. The highest BCUT2D eigenvalue weighted by Gasteiger charge is 2.67. The first-order chi connectivity index (χ1) is 11.6. The number of ether oxygens (including phenoxy) is 1. The summed E-state index contributed by atoms with van der Waals surface area (Å²) in [4.78, 5) is 15.2. The number of rotatable bonds is 5. The summed E-state index contributed by atoms with van der Waals surface area (Å²) in [6.45, 7) is 14.3. The third-order valence-electron chi connectivity index (χ3n) is 6.27. The number of hydrogen-bond donors (Lipinski definition) is 0. The Balaban J connectivity index is 1.73. The van der Waals surface area contributed by atoms with Crippen LogP contribution in [0.2, 0.25) is 18.1 Å². The van der Waals surface area contributed by atoms with Gasteiger partial charge in [0.05, 0.1) is 12.6 Å². The van der Waals surface area contributed by atoms with E-state index in [0.717, 1.165) is 18.5 Å². The van der Waals surface area contributed by atoms with Crippen molar-refractivity contribution >= 4 is 14.2 Å². The Labute approximate surface area is 152 Å². The molecule has 2 aliphatic heterocycles. The zero-order valence-electron chi connectivity index (χ0n) is 16.3. The van der Waals surface area contributed by atoms with E-state index >= 15 is 0 Å². The van der Waals surface area contributed by atoms with Gasteiger partial charge in [0.1, 0.15) is 6.10 Å². The second-order valence-electron chi connectivity index (χ2n) is 8.92. The monoisotopic (exact) mass is 361 g/mol. The quantitative estimate of drug-likeness (QED) is 0.585. The average molecular weight is 362 g/mol. The topological polar surface area (TPSA) is 42.1 Å². The maximum absolute atomic E-state index is 13.2. The van der Waals surface area contributed by atoms with Crippen LogP contribution in [0.15, 0.2) is 30.3 Å². The van der Waals surface area contributed by atoms with Crippen molar-refractivity contribution in [2.45, 2.75) is 70.0 Å². The smallest absolute Gasteiger partial charge is 0.260 e. The van der Waals surface area contributed by atoms with E-state index in [1.165, 1.54) is 0 Å². The Hall–Kier alpha value is -1.17. The van der Waals surface area contributed by atoms with Gasteiger partial charge in [0.15, 0.2) is 13.9 Å². The maximum atomic E-state index is 13.2. The van der Waals surface area contributed by atoms with Crippen molar-refractivity contribution in [1.29, 1.82) is 0 Å². The largest absolute Gasteiger partial charge is 0.413 e. The number of nitrogens with zero attached hydrogens (tertiary/aromatic N) is 1. The van der Waals surface area contributed by atoms with Crippen LogP contribution in [0.25, 0.3) is 0 Å². The fourth-order valence-electron chi connectivity index (χ4n) is 3.27. The first kappa shape index (κ1) is 18.6. The molecule has 3 atom stereocenters. The summed E-state index contributed by atoms with van der Waals surface area (Å²) < 4.78 is 12.3. The number of benzene rings is 1. The first-order valence-corrected chi connectivity index (χ1v) is 12.2. The van der Waals surface area contributed by atoms with Gasteiger partial charge in [0.25, 0.3) is 5.91 Å². The predicted molar refractivity (Wildman–Crippen MR) is 102 cm³/mol. The Morgan fingerprint density at radius 1 is 1.32 bits per heavy atom. The number of carbonyl (C=O) groups excluding carboxylic acids is 1. The number of amides is 1. The molecule has 25 heavy (non-hydrogen) atoms. The third-order valence-corrected chi connectivity index (χ3v) is 10.8. The molecule has 138 valence electrons. The Morgan fingerprint density at radius 3 is 2.56 bits per heavy atom. The maximum Gasteiger partial charge on any atom is 0.260 e. The molecule has 2 heterocycles. The lowest BCUT2D eigenvalue weighted by Crippen LogP contribution is -2.53. The van der Waals surface area contributed by atoms with E-state index in [9.17, 15) is 4.79 Å². The van der Waals surface area contributed by atoms with Crippen molar-refractivity contribution in [1.82, 2.24) is 4.90 Å². The fraction of sp³-hybridized carbons (Fsp3) is 0.650. The highest BCUT2D eigenvalue weighted by molar-refractivity contribution is 6.74. The van der Waals surface area contributed by atoms with Crippen LogP contribution in [0.3, 0.4) is 0 Å². The third kappa shape index (κ3) is 3.29. The van der Waals surface area contributed by atoms with E-state index in [0.29, 0.717) is 6.61 Å². The van der Waals surface area contributed by atoms with Gasteiger partial charge in [-0.3, -0.25) is 4.79 Å². The molecule has 1 aromatic rings. The molecule has 0 bridgehead atoms. The molecule has 0 N–H and O–H groups in total. The lowest BCUT2D eigenvalue weighted by molar-refractivity contribution is -0.141. The number of fused-ring (bicyclic) bond motifs is 1. The van der Waals surface area contributed by atoms with Crippen molar-refractivity contribution in [2.24, 2.45) is 0 Å². The molecule has 1 aromatic carbocycles. The van der Waals surface area contributed by atoms with Gasteiger partial charge in [-0.2, -0.15) is 0 Å². The van der Waals surface area contributed by atoms with Crippen molar-refractivity contribution < 1.29 is 14.0 Å². The highest BCUT2D eigenvalue weighted by atomic mass is 28.4. The number of carbonyl (C=O) groups is 1. The number of likely N-dealkylation sites (tertiary alicyclic amines) is 1. The van der Waals surface area contributed by atoms with Gasteiger partial charge in [0, 0.05) is 6.54 Å². The molecule has 2 saturated heterocycles. The van der Waals surface area contributed by atoms with Gasteiger partial charge in [-0.15, -0.1) is 0 Å². The number of hydrogen-bond acceptors (Lipinski definition) is 3. The zero-order valence-corrected chi connectivity index (χ0v) is 17.3. The summed E-state index contributed by atoms with van der Waals surface area (Å²) in [6.07, 6.45) is 0.924. The molecule has 4 nitrogen and oxygen atoms in total. The Morgan fingerprint density at radius 2 is 1.96 bits per heavy atom. The van der Waals surface area contributed by atoms with Crippen LogP contribution >= 0.6 is 0 Å². The van der Waals surface area contributed by atoms with Gasteiger partial charge in [-0.05, 0) is 37.0 Å². The van der Waals surface area contributed by atoms with Crippen LogP contribution in [0, 0.1) is 0 Å². The minimum absolute atomic E-state index is 0.0315. The van der Waals surface area contributed by atoms with Gasteiger partial charge < -0.3 is 14.1 Å². The summed E-state index contributed by atoms with van der Waals surface area (Å²) in [5, 5.41) is 0.128. The van der Waals surface area contributed by atoms with Gasteiger partial charge in [-0.25, -0.2) is 0 Å². The molecule has 2 fully saturated rings. The molecule has 3 rings (SSSR count). The number of epoxide rings is 1. The van der Waals surface area contributed by atoms with E-state index in [2.05, 4.69) is 52.9 Å². The van der Waals surface area contributed by atoms with E-state index < -0.39 is 13.9 Å². The van der Waals surface area contributed by atoms with Gasteiger partial charge >= 0.3 is 0 Å². The summed E-state index contributed by atoms with van der Waals surface area (Å²) in [5.74, 6) is 0.0961. The summed E-state index contributed by atoms with van der Waals surface area (Å²) in [5.41, 5.74) is 0.423. The van der Waals surface area contributed by atoms with Crippen LogP contribution < -0.4 is 0 Å². The van der Waals surface area contributed by atoms with Crippen LogP contribution in [0.1, 0.15) is 45.7 Å². The van der Waals surface area contributed by atoms with E-state index in [4.69, 9.17) is 9.16 Å². The van der Waals surface area contributed by atoms with Crippen molar-refractivity contribution in [3.8, 4) is 0 Å². The van der Waals surface area contributed by atoms with Crippen molar-refractivity contribution in [3.63, 3.8) is 0 Å². The average Bonchev–Trinajstić information content (AvgIpc) is 3.29. The van der Waals surface area contributed by atoms with E-state index in [1.54, 1.807) is 0 Å². The second-order valence-corrected chi connectivity index (χ2v) is 13.7. The van der Waals surface area contributed by atoms with E-state index in [-0.39, 0.29) is 23.1 Å². The highest BCUT2D eigenvalue weighted by Crippen LogP contribution is 2.47. The standard InChI is InChI=1S/C20H31NO3Si/c1-15(16-10-8-7-9-11-16)21-13-12-17-20(24-17,18(21)22)14-23-25(5,6)19(2,3)4/h7-11,15,17H,12-14H2,1-6H3/t15-,17-,20-/m0/s1. The first-order valence-electron chi connectivity index (χ1n) is 9.26. The molecular formula is C20H31NO3Si. The summed E-state index contributed by atoms with van der Waals surface area (Å²) in [7, 11) is -1.90. The molecular weight excluding hydrogens is 330 g/mol. The number of piperidine rings is 1. The zero-order chi connectivity index (χ0) is 18.5. The Bertz CT molecular complexity index is 640.